The Labute approximate surface area is 107 Å². The van der Waals surface area contributed by atoms with Crippen molar-refractivity contribution in [3.63, 3.8) is 0 Å². The predicted octanol–water partition coefficient (Wildman–Crippen LogP) is 0.983. The van der Waals surface area contributed by atoms with Gasteiger partial charge in [-0.25, -0.2) is 9.97 Å². The highest BCUT2D eigenvalue weighted by Gasteiger charge is 2.15. The van der Waals surface area contributed by atoms with E-state index in [1.807, 2.05) is 0 Å². The molecule has 0 unspecified atom stereocenters. The lowest BCUT2D eigenvalue weighted by Gasteiger charge is -2.01. The van der Waals surface area contributed by atoms with E-state index in [1.54, 1.807) is 0 Å². The molecule has 0 radical (unpaired) electrons. The molecule has 0 amide bonds. The quantitative estimate of drug-likeness (QED) is 0.462. The Morgan fingerprint density at radius 2 is 1.95 bits per heavy atom. The molecule has 100 valence electrons. The standard InChI is InChI=1S/C9H7N3O6S/c1-19(15,16)18-6-4-10-9(11-5-6)7-2-3-8(17-7)12(13)14/h2-5H,1H3. The minimum Gasteiger partial charge on any atom is -0.397 e. The summed E-state index contributed by atoms with van der Waals surface area (Å²) in [5.74, 6) is -0.325. The van der Waals surface area contributed by atoms with Gasteiger partial charge in [0.1, 0.15) is 4.92 Å². The number of hydrogen-bond acceptors (Lipinski definition) is 8. The van der Waals surface area contributed by atoms with Crippen LogP contribution in [0, 0.1) is 10.1 Å². The molecule has 2 aromatic rings. The van der Waals surface area contributed by atoms with Crippen molar-refractivity contribution in [2.24, 2.45) is 0 Å². The van der Waals surface area contributed by atoms with Crippen molar-refractivity contribution < 1.29 is 21.9 Å². The lowest BCUT2D eigenvalue weighted by Crippen LogP contribution is -2.06. The molecule has 0 saturated carbocycles. The van der Waals surface area contributed by atoms with Crippen LogP contribution in [0.3, 0.4) is 0 Å². The van der Waals surface area contributed by atoms with Gasteiger partial charge in [0.2, 0.25) is 0 Å². The minimum atomic E-state index is -3.65. The Morgan fingerprint density at radius 1 is 1.32 bits per heavy atom. The highest BCUT2D eigenvalue weighted by Crippen LogP contribution is 2.23. The van der Waals surface area contributed by atoms with Crippen molar-refractivity contribution in [2.45, 2.75) is 0 Å². The SMILES string of the molecule is CS(=O)(=O)Oc1cnc(-c2ccc([N+](=O)[O-])o2)nc1. The van der Waals surface area contributed by atoms with E-state index in [0.29, 0.717) is 0 Å². The fourth-order valence-electron chi connectivity index (χ4n) is 1.21. The highest BCUT2D eigenvalue weighted by molar-refractivity contribution is 7.86. The number of nitro groups is 1. The maximum atomic E-state index is 10.9. The van der Waals surface area contributed by atoms with Crippen LogP contribution in [0.2, 0.25) is 0 Å². The van der Waals surface area contributed by atoms with Crippen LogP contribution in [-0.2, 0) is 10.1 Å². The van der Waals surface area contributed by atoms with Gasteiger partial charge in [0.05, 0.1) is 24.7 Å². The molecule has 0 bridgehead atoms. The summed E-state index contributed by atoms with van der Waals surface area (Å²) in [6.07, 6.45) is 3.13. The molecule has 0 N–H and O–H groups in total. The van der Waals surface area contributed by atoms with Gasteiger partial charge in [-0.05, 0) is 6.07 Å². The average molecular weight is 285 g/mol. The van der Waals surface area contributed by atoms with Crippen LogP contribution < -0.4 is 4.18 Å². The first kappa shape index (κ1) is 13.0. The van der Waals surface area contributed by atoms with Crippen molar-refractivity contribution >= 4 is 16.0 Å². The number of hydrogen-bond donors (Lipinski definition) is 0. The van der Waals surface area contributed by atoms with Gasteiger partial charge in [-0.1, -0.05) is 0 Å². The first-order valence-corrected chi connectivity index (χ1v) is 6.63. The average Bonchev–Trinajstić information content (AvgIpc) is 2.77. The lowest BCUT2D eigenvalue weighted by molar-refractivity contribution is -0.401. The summed E-state index contributed by atoms with van der Waals surface area (Å²) >= 11 is 0. The molecular formula is C9H7N3O6S. The second-order valence-corrected chi connectivity index (χ2v) is 5.00. The maximum absolute atomic E-state index is 10.9. The molecule has 0 aromatic carbocycles. The van der Waals surface area contributed by atoms with E-state index in [-0.39, 0.29) is 17.3 Å². The number of nitrogens with zero attached hydrogens (tertiary/aromatic N) is 3. The normalized spacial score (nSPS) is 11.2. The Morgan fingerprint density at radius 3 is 2.42 bits per heavy atom. The maximum Gasteiger partial charge on any atom is 0.433 e. The van der Waals surface area contributed by atoms with Crippen LogP contribution >= 0.6 is 0 Å². The largest absolute Gasteiger partial charge is 0.433 e. The number of rotatable bonds is 4. The van der Waals surface area contributed by atoms with Crippen molar-refractivity contribution in [2.75, 3.05) is 6.26 Å². The molecule has 2 heterocycles. The monoisotopic (exact) mass is 285 g/mol. The number of aromatic nitrogens is 2. The predicted molar refractivity (Wildman–Crippen MR) is 61.9 cm³/mol. The second-order valence-electron chi connectivity index (χ2n) is 3.42. The van der Waals surface area contributed by atoms with Gasteiger partial charge in [0, 0.05) is 0 Å². The van der Waals surface area contributed by atoms with Gasteiger partial charge >= 0.3 is 16.0 Å². The van der Waals surface area contributed by atoms with Crippen LogP contribution in [0.5, 0.6) is 5.75 Å². The van der Waals surface area contributed by atoms with Gasteiger partial charge in [-0.2, -0.15) is 8.42 Å². The van der Waals surface area contributed by atoms with Crippen LogP contribution in [0.15, 0.2) is 28.9 Å². The smallest absolute Gasteiger partial charge is 0.397 e. The summed E-state index contributed by atoms with van der Waals surface area (Å²) in [7, 11) is -3.65. The molecule has 0 aliphatic carbocycles. The van der Waals surface area contributed by atoms with E-state index in [0.717, 1.165) is 18.6 Å². The first-order chi connectivity index (χ1) is 8.85. The molecule has 2 rings (SSSR count). The summed E-state index contributed by atoms with van der Waals surface area (Å²) in [5, 5.41) is 10.4. The van der Waals surface area contributed by atoms with E-state index in [4.69, 9.17) is 4.42 Å². The summed E-state index contributed by atoms with van der Waals surface area (Å²) in [6, 6.07) is 2.50. The molecule has 0 aliphatic rings. The lowest BCUT2D eigenvalue weighted by atomic mass is 10.4. The summed E-state index contributed by atoms with van der Waals surface area (Å²) < 4.78 is 31.2. The first-order valence-electron chi connectivity index (χ1n) is 4.81. The zero-order chi connectivity index (χ0) is 14.0. The van der Waals surface area contributed by atoms with Gasteiger partial charge in [0.15, 0.2) is 17.3 Å². The molecule has 0 atom stereocenters. The molecule has 19 heavy (non-hydrogen) atoms. The third-order valence-corrected chi connectivity index (χ3v) is 2.36. The van der Waals surface area contributed by atoms with E-state index in [9.17, 15) is 18.5 Å². The molecule has 2 aromatic heterocycles. The Hall–Kier alpha value is -2.49. The second kappa shape index (κ2) is 4.65. The zero-order valence-electron chi connectivity index (χ0n) is 9.51. The summed E-state index contributed by atoms with van der Waals surface area (Å²) in [5.41, 5.74) is 0. The van der Waals surface area contributed by atoms with Crippen LogP contribution in [0.1, 0.15) is 0 Å². The van der Waals surface area contributed by atoms with Gasteiger partial charge in [0.25, 0.3) is 0 Å². The van der Waals surface area contributed by atoms with Crippen LogP contribution in [0.4, 0.5) is 5.88 Å². The fourth-order valence-corrected chi connectivity index (χ4v) is 1.64. The van der Waals surface area contributed by atoms with Gasteiger partial charge < -0.3 is 8.60 Å². The summed E-state index contributed by atoms with van der Waals surface area (Å²) in [4.78, 5) is 17.3. The number of furan rings is 1. The van der Waals surface area contributed by atoms with Crippen molar-refractivity contribution in [1.82, 2.24) is 9.97 Å². The van der Waals surface area contributed by atoms with Crippen molar-refractivity contribution in [3.05, 3.63) is 34.6 Å². The topological polar surface area (TPSA) is 125 Å². The van der Waals surface area contributed by atoms with Crippen LogP contribution in [0.25, 0.3) is 11.6 Å². The van der Waals surface area contributed by atoms with Gasteiger partial charge in [-0.3, -0.25) is 10.1 Å². The minimum absolute atomic E-state index is 0.0627. The van der Waals surface area contributed by atoms with Crippen LogP contribution in [-0.4, -0.2) is 29.6 Å². The van der Waals surface area contributed by atoms with E-state index in [2.05, 4.69) is 14.2 Å². The Bertz CT molecular complexity index is 706. The van der Waals surface area contributed by atoms with Crippen molar-refractivity contribution in [3.8, 4) is 17.3 Å². The van der Waals surface area contributed by atoms with Gasteiger partial charge in [-0.15, -0.1) is 0 Å². The zero-order valence-corrected chi connectivity index (χ0v) is 10.3. The van der Waals surface area contributed by atoms with E-state index < -0.39 is 20.9 Å². The van der Waals surface area contributed by atoms with Crippen molar-refractivity contribution in [1.29, 1.82) is 0 Å². The highest BCUT2D eigenvalue weighted by atomic mass is 32.2. The molecule has 0 spiro atoms. The molecular weight excluding hydrogens is 278 g/mol. The third-order valence-electron chi connectivity index (χ3n) is 1.87. The molecule has 0 fully saturated rings. The molecule has 0 saturated heterocycles. The van der Waals surface area contributed by atoms with E-state index >= 15 is 0 Å². The Balaban J connectivity index is 2.24. The summed E-state index contributed by atoms with van der Waals surface area (Å²) in [6.45, 7) is 0. The fraction of sp³-hybridized carbons (Fsp3) is 0.111. The van der Waals surface area contributed by atoms with E-state index in [1.165, 1.54) is 12.1 Å². The molecule has 10 heteroatoms. The molecule has 9 nitrogen and oxygen atoms in total. The Kier molecular flexibility index (Phi) is 3.17. The third kappa shape index (κ3) is 3.25. The molecule has 0 aliphatic heterocycles.